The van der Waals surface area contributed by atoms with Crippen molar-refractivity contribution in [3.05, 3.63) is 29.4 Å². The second kappa shape index (κ2) is 6.92. The van der Waals surface area contributed by atoms with Crippen molar-refractivity contribution in [2.24, 2.45) is 7.05 Å². The normalized spacial score (nSPS) is 23.0. The first kappa shape index (κ1) is 16.5. The fraction of sp³-hybridized carbons (Fsp3) is 0.533. The Morgan fingerprint density at radius 2 is 2.19 bits per heavy atom. The zero-order valence-corrected chi connectivity index (χ0v) is 14.4. The van der Waals surface area contributed by atoms with Crippen LogP contribution in [0.2, 0.25) is 0 Å². The van der Waals surface area contributed by atoms with Crippen LogP contribution in [0.15, 0.2) is 24.5 Å². The molecule has 1 N–H and O–H groups in total. The number of rotatable bonds is 3. The third kappa shape index (κ3) is 3.66. The van der Waals surface area contributed by atoms with Crippen LogP contribution in [0.1, 0.15) is 18.7 Å². The first-order valence-corrected chi connectivity index (χ1v) is 8.00. The molecule has 0 amide bonds. The van der Waals surface area contributed by atoms with Crippen molar-refractivity contribution in [1.29, 1.82) is 0 Å². The lowest BCUT2D eigenvalue weighted by Crippen LogP contribution is -2.54. The Kier molecular flexibility index (Phi) is 5.43. The average molecular weight is 327 g/mol. The number of nitrogens with one attached hydrogen (secondary N) is 1. The zero-order valence-electron chi connectivity index (χ0n) is 12.7. The molecule has 0 bridgehead atoms. The molecule has 1 saturated heterocycles. The number of aryl methyl sites for hydroxylation is 1. The fourth-order valence-corrected chi connectivity index (χ4v) is 3.72. The van der Waals surface area contributed by atoms with Gasteiger partial charge in [0.15, 0.2) is 0 Å². The average Bonchev–Trinajstić information content (AvgIpc) is 3.04. The van der Waals surface area contributed by atoms with Gasteiger partial charge in [0, 0.05) is 60.3 Å². The van der Waals surface area contributed by atoms with Crippen molar-refractivity contribution in [2.45, 2.75) is 32.5 Å². The summed E-state index contributed by atoms with van der Waals surface area (Å²) in [4.78, 5) is 5.31. The highest BCUT2D eigenvalue weighted by Gasteiger charge is 2.24. The van der Waals surface area contributed by atoms with E-state index < -0.39 is 0 Å². The lowest BCUT2D eigenvalue weighted by atomic mass is 10.1. The van der Waals surface area contributed by atoms with Gasteiger partial charge in [-0.15, -0.1) is 23.7 Å². The summed E-state index contributed by atoms with van der Waals surface area (Å²) < 4.78 is 1.86. The van der Waals surface area contributed by atoms with Gasteiger partial charge in [-0.05, 0) is 26.0 Å². The van der Waals surface area contributed by atoms with E-state index in [2.05, 4.69) is 47.5 Å². The molecule has 2 aromatic rings. The van der Waals surface area contributed by atoms with Crippen molar-refractivity contribution in [3.8, 4) is 10.4 Å². The smallest absolute Gasteiger partial charge is 0.0576 e. The fourth-order valence-electron chi connectivity index (χ4n) is 2.72. The molecule has 1 aliphatic heterocycles. The molecule has 0 saturated carbocycles. The minimum Gasteiger partial charge on any atom is -0.311 e. The van der Waals surface area contributed by atoms with E-state index in [4.69, 9.17) is 0 Å². The number of hydrogen-bond acceptors (Lipinski definition) is 4. The Labute approximate surface area is 136 Å². The van der Waals surface area contributed by atoms with Crippen LogP contribution in [0.25, 0.3) is 10.4 Å². The Hall–Kier alpha value is -0.880. The van der Waals surface area contributed by atoms with E-state index in [1.807, 2.05) is 29.3 Å². The van der Waals surface area contributed by atoms with Crippen LogP contribution < -0.4 is 5.32 Å². The first-order chi connectivity index (χ1) is 9.63. The van der Waals surface area contributed by atoms with Gasteiger partial charge in [0.05, 0.1) is 6.20 Å². The summed E-state index contributed by atoms with van der Waals surface area (Å²) in [7, 11) is 1.96. The van der Waals surface area contributed by atoms with Crippen LogP contribution in [0.3, 0.4) is 0 Å². The highest BCUT2D eigenvalue weighted by atomic mass is 35.5. The SMILES string of the molecule is CC1NCCN(Cc2ccc(-c3cnn(C)c3)s2)C1C.Cl. The lowest BCUT2D eigenvalue weighted by molar-refractivity contribution is 0.132. The molecule has 4 nitrogen and oxygen atoms in total. The summed E-state index contributed by atoms with van der Waals surface area (Å²) in [5.41, 5.74) is 1.21. The zero-order chi connectivity index (χ0) is 14.1. The molecule has 0 radical (unpaired) electrons. The van der Waals surface area contributed by atoms with Crippen molar-refractivity contribution in [1.82, 2.24) is 20.0 Å². The van der Waals surface area contributed by atoms with Gasteiger partial charge in [-0.25, -0.2) is 0 Å². The molecule has 21 heavy (non-hydrogen) atoms. The maximum Gasteiger partial charge on any atom is 0.0576 e. The molecule has 0 spiro atoms. The number of hydrogen-bond donors (Lipinski definition) is 1. The standard InChI is InChI=1S/C15H22N4S.ClH/c1-11-12(2)19(7-6-16-11)10-14-4-5-15(20-14)13-8-17-18(3)9-13;/h4-5,8-9,11-12,16H,6-7,10H2,1-3H3;1H. The Morgan fingerprint density at radius 1 is 1.38 bits per heavy atom. The van der Waals surface area contributed by atoms with Gasteiger partial charge in [-0.3, -0.25) is 9.58 Å². The van der Waals surface area contributed by atoms with Gasteiger partial charge in [-0.2, -0.15) is 5.10 Å². The molecule has 116 valence electrons. The Balaban J connectivity index is 0.00000161. The van der Waals surface area contributed by atoms with Gasteiger partial charge in [0.25, 0.3) is 0 Å². The van der Waals surface area contributed by atoms with E-state index in [9.17, 15) is 0 Å². The molecule has 2 unspecified atom stereocenters. The van der Waals surface area contributed by atoms with Gasteiger partial charge in [0.1, 0.15) is 0 Å². The van der Waals surface area contributed by atoms with Crippen LogP contribution in [-0.2, 0) is 13.6 Å². The van der Waals surface area contributed by atoms with E-state index in [1.54, 1.807) is 0 Å². The molecule has 1 fully saturated rings. The van der Waals surface area contributed by atoms with E-state index in [1.165, 1.54) is 15.3 Å². The molecule has 3 heterocycles. The third-order valence-electron chi connectivity index (χ3n) is 4.17. The van der Waals surface area contributed by atoms with Gasteiger partial charge >= 0.3 is 0 Å². The molecule has 2 aromatic heterocycles. The van der Waals surface area contributed by atoms with Crippen LogP contribution in [-0.4, -0.2) is 39.9 Å². The summed E-state index contributed by atoms with van der Waals surface area (Å²) in [6.45, 7) is 7.86. The van der Waals surface area contributed by atoms with Crippen molar-refractivity contribution in [2.75, 3.05) is 13.1 Å². The van der Waals surface area contributed by atoms with E-state index >= 15 is 0 Å². The van der Waals surface area contributed by atoms with Gasteiger partial charge in [0.2, 0.25) is 0 Å². The number of piperazine rings is 1. The summed E-state index contributed by atoms with van der Waals surface area (Å²) in [6.07, 6.45) is 4.01. The second-order valence-electron chi connectivity index (χ2n) is 5.62. The number of halogens is 1. The van der Waals surface area contributed by atoms with Gasteiger partial charge < -0.3 is 5.32 Å². The monoisotopic (exact) mass is 326 g/mol. The van der Waals surface area contributed by atoms with Crippen LogP contribution in [0.4, 0.5) is 0 Å². The Bertz CT molecular complexity index is 580. The van der Waals surface area contributed by atoms with Crippen molar-refractivity contribution >= 4 is 23.7 Å². The minimum absolute atomic E-state index is 0. The molecular formula is C15H23ClN4S. The minimum atomic E-state index is 0. The number of nitrogens with zero attached hydrogens (tertiary/aromatic N) is 3. The quantitative estimate of drug-likeness (QED) is 0.941. The highest BCUT2D eigenvalue weighted by Crippen LogP contribution is 2.29. The summed E-state index contributed by atoms with van der Waals surface area (Å²) in [5, 5.41) is 7.78. The molecular weight excluding hydrogens is 304 g/mol. The second-order valence-corrected chi connectivity index (χ2v) is 6.79. The van der Waals surface area contributed by atoms with E-state index in [0.717, 1.165) is 19.6 Å². The van der Waals surface area contributed by atoms with Crippen LogP contribution in [0, 0.1) is 0 Å². The Morgan fingerprint density at radius 3 is 2.90 bits per heavy atom. The summed E-state index contributed by atoms with van der Waals surface area (Å²) in [5.74, 6) is 0. The molecule has 6 heteroatoms. The summed E-state index contributed by atoms with van der Waals surface area (Å²) in [6, 6.07) is 5.63. The lowest BCUT2D eigenvalue weighted by Gasteiger charge is -2.38. The summed E-state index contributed by atoms with van der Waals surface area (Å²) >= 11 is 1.88. The number of aromatic nitrogens is 2. The van der Waals surface area contributed by atoms with E-state index in [0.29, 0.717) is 12.1 Å². The largest absolute Gasteiger partial charge is 0.311 e. The van der Waals surface area contributed by atoms with Crippen molar-refractivity contribution in [3.63, 3.8) is 0 Å². The molecule has 3 rings (SSSR count). The topological polar surface area (TPSA) is 33.1 Å². The van der Waals surface area contributed by atoms with Crippen molar-refractivity contribution < 1.29 is 0 Å². The molecule has 1 aliphatic rings. The first-order valence-electron chi connectivity index (χ1n) is 7.18. The van der Waals surface area contributed by atoms with Gasteiger partial charge in [-0.1, -0.05) is 0 Å². The van der Waals surface area contributed by atoms with Crippen LogP contribution >= 0.6 is 23.7 Å². The number of thiophene rings is 1. The molecule has 2 atom stereocenters. The maximum absolute atomic E-state index is 4.24. The van der Waals surface area contributed by atoms with Crippen LogP contribution in [0.5, 0.6) is 0 Å². The molecule has 0 aliphatic carbocycles. The predicted molar refractivity (Wildman–Crippen MR) is 91.1 cm³/mol. The maximum atomic E-state index is 4.24. The third-order valence-corrected chi connectivity index (χ3v) is 5.29. The van der Waals surface area contributed by atoms with E-state index in [-0.39, 0.29) is 12.4 Å². The molecule has 0 aromatic carbocycles. The predicted octanol–water partition coefficient (Wildman–Crippen LogP) is 2.75. The highest BCUT2D eigenvalue weighted by molar-refractivity contribution is 7.15.